The first-order valence-corrected chi connectivity index (χ1v) is 17.5. The normalized spacial score (nSPS) is 14.6. The van der Waals surface area contributed by atoms with Crippen molar-refractivity contribution in [2.75, 3.05) is 5.32 Å². The molecule has 0 radical (unpaired) electrons. The number of nitrogens with zero attached hydrogens (tertiary/aromatic N) is 3. The number of para-hydroxylation sites is 4. The van der Waals surface area contributed by atoms with E-state index in [9.17, 15) is 0 Å². The molecule has 4 heterocycles. The number of benzene rings is 7. The van der Waals surface area contributed by atoms with Gasteiger partial charge in [-0.3, -0.25) is 0 Å². The summed E-state index contributed by atoms with van der Waals surface area (Å²) in [6.07, 6.45) is -0.313. The highest BCUT2D eigenvalue weighted by Gasteiger charge is 2.26. The van der Waals surface area contributed by atoms with Gasteiger partial charge in [0.15, 0.2) is 0 Å². The van der Waals surface area contributed by atoms with E-state index in [0.717, 1.165) is 22.5 Å². The van der Waals surface area contributed by atoms with Crippen LogP contribution in [0.15, 0.2) is 163 Å². The molecule has 0 saturated heterocycles. The van der Waals surface area contributed by atoms with E-state index in [0.29, 0.717) is 0 Å². The molecular weight excluding hydrogens is 617 g/mol. The maximum absolute atomic E-state index is 5.44. The highest BCUT2D eigenvalue weighted by Crippen LogP contribution is 2.46. The molecule has 230 valence electrons. The molecule has 0 bridgehead atoms. The van der Waals surface area contributed by atoms with Crippen LogP contribution in [0.4, 0.5) is 5.69 Å². The van der Waals surface area contributed by atoms with Gasteiger partial charge in [0.05, 0.1) is 32.5 Å². The Morgan fingerprint density at radius 2 is 1.20 bits per heavy atom. The van der Waals surface area contributed by atoms with Gasteiger partial charge >= 0.3 is 0 Å². The van der Waals surface area contributed by atoms with Gasteiger partial charge in [0.2, 0.25) is 6.29 Å². The Labute approximate surface area is 285 Å². The van der Waals surface area contributed by atoms with Gasteiger partial charge in [0.25, 0.3) is 0 Å². The molecule has 10 aromatic rings. The van der Waals surface area contributed by atoms with E-state index in [-0.39, 0.29) is 6.29 Å². The first kappa shape index (κ1) is 26.9. The van der Waals surface area contributed by atoms with Gasteiger partial charge in [-0.15, -0.1) is 11.3 Å². The van der Waals surface area contributed by atoms with Crippen molar-refractivity contribution in [2.45, 2.75) is 6.29 Å². The molecule has 0 amide bonds. The van der Waals surface area contributed by atoms with Crippen LogP contribution in [-0.2, 0) is 0 Å². The lowest BCUT2D eigenvalue weighted by atomic mass is 9.99. The van der Waals surface area contributed by atoms with Gasteiger partial charge in [0, 0.05) is 59.5 Å². The molecule has 5 heteroatoms. The second kappa shape index (κ2) is 10.2. The lowest BCUT2D eigenvalue weighted by Gasteiger charge is -2.28. The molecule has 3 aromatic heterocycles. The Bertz CT molecular complexity index is 2960. The number of fused-ring (bicyclic) bond motifs is 11. The molecule has 1 aliphatic heterocycles. The van der Waals surface area contributed by atoms with E-state index in [1.165, 1.54) is 69.5 Å². The third kappa shape index (κ3) is 3.82. The summed E-state index contributed by atoms with van der Waals surface area (Å²) in [6.45, 7) is 0. The number of hydrogen-bond acceptors (Lipinski definition) is 3. The van der Waals surface area contributed by atoms with Crippen LogP contribution in [0.5, 0.6) is 0 Å². The van der Waals surface area contributed by atoms with Crippen LogP contribution < -0.4 is 5.32 Å². The molecule has 11 rings (SSSR count). The fraction of sp³-hybridized carbons (Fsp3) is 0.0227. The minimum Gasteiger partial charge on any atom is -0.346 e. The van der Waals surface area contributed by atoms with E-state index < -0.39 is 0 Å². The minimum absolute atomic E-state index is 0.313. The van der Waals surface area contributed by atoms with E-state index in [1.54, 1.807) is 0 Å². The van der Waals surface area contributed by atoms with Crippen molar-refractivity contribution in [1.29, 1.82) is 0 Å². The third-order valence-electron chi connectivity index (χ3n) is 10.1. The molecule has 1 unspecified atom stereocenters. The van der Waals surface area contributed by atoms with Crippen LogP contribution in [0.1, 0.15) is 17.4 Å². The Morgan fingerprint density at radius 1 is 0.531 bits per heavy atom. The molecule has 1 atom stereocenters. The first-order valence-electron chi connectivity index (χ1n) is 16.7. The zero-order valence-electron chi connectivity index (χ0n) is 26.3. The minimum atomic E-state index is -0.313. The van der Waals surface area contributed by atoms with Crippen LogP contribution >= 0.6 is 11.3 Å². The van der Waals surface area contributed by atoms with Crippen molar-refractivity contribution in [3.63, 3.8) is 0 Å². The molecule has 0 spiro atoms. The molecule has 4 nitrogen and oxygen atoms in total. The van der Waals surface area contributed by atoms with Crippen molar-refractivity contribution in [2.24, 2.45) is 4.99 Å². The maximum atomic E-state index is 5.44. The van der Waals surface area contributed by atoms with Gasteiger partial charge in [-0.2, -0.15) is 0 Å². The highest BCUT2D eigenvalue weighted by molar-refractivity contribution is 7.26. The number of nitrogens with one attached hydrogen (secondary N) is 1. The molecule has 0 saturated carbocycles. The highest BCUT2D eigenvalue weighted by atomic mass is 32.1. The van der Waals surface area contributed by atoms with E-state index >= 15 is 0 Å². The van der Waals surface area contributed by atoms with E-state index in [2.05, 4.69) is 172 Å². The van der Waals surface area contributed by atoms with Crippen molar-refractivity contribution in [3.05, 3.63) is 169 Å². The third-order valence-corrected chi connectivity index (χ3v) is 11.3. The summed E-state index contributed by atoms with van der Waals surface area (Å²) < 4.78 is 7.42. The van der Waals surface area contributed by atoms with E-state index in [4.69, 9.17) is 4.99 Å². The van der Waals surface area contributed by atoms with Crippen LogP contribution in [0, 0.1) is 0 Å². The Balaban J connectivity index is 1.21. The zero-order valence-corrected chi connectivity index (χ0v) is 27.2. The Hall–Kier alpha value is -6.17. The van der Waals surface area contributed by atoms with Gasteiger partial charge in [-0.25, -0.2) is 4.99 Å². The average molecular weight is 645 g/mol. The topological polar surface area (TPSA) is 34.2 Å². The summed E-state index contributed by atoms with van der Waals surface area (Å²) in [5.74, 6) is 0. The number of aliphatic imine (C=N–C) groups is 1. The molecular formula is C44H28N4S. The molecule has 1 N–H and O–H groups in total. The first-order chi connectivity index (χ1) is 24.3. The standard InChI is InChI=1S/C44H28N4S/c1-3-13-27(14-4-1)41-33-19-7-10-20-36(33)45-44(46-41)48-38-22-12-9-18-30(38)34-25-35-32-24-23-31-29-17-8-11-21-37(29)47(28-15-5-2-6-16-28)42(31)43(32)49-40(35)26-39(34)48/h1-26,44-45H. The monoisotopic (exact) mass is 644 g/mol. The van der Waals surface area contributed by atoms with E-state index in [1.807, 2.05) is 11.3 Å². The number of aromatic nitrogens is 2. The zero-order chi connectivity index (χ0) is 32.1. The Kier molecular flexibility index (Phi) is 5.57. The predicted molar refractivity (Wildman–Crippen MR) is 208 cm³/mol. The number of hydrogen-bond donors (Lipinski definition) is 1. The van der Waals surface area contributed by atoms with Crippen molar-refractivity contribution < 1.29 is 0 Å². The fourth-order valence-electron chi connectivity index (χ4n) is 8.01. The smallest absolute Gasteiger partial charge is 0.201 e. The lowest BCUT2D eigenvalue weighted by molar-refractivity contribution is 0.625. The quantitative estimate of drug-likeness (QED) is 0.204. The molecule has 1 aliphatic rings. The van der Waals surface area contributed by atoms with Crippen LogP contribution in [0.3, 0.4) is 0 Å². The van der Waals surface area contributed by atoms with Gasteiger partial charge in [-0.05, 0) is 42.5 Å². The second-order valence-corrected chi connectivity index (χ2v) is 13.8. The van der Waals surface area contributed by atoms with Gasteiger partial charge in [-0.1, -0.05) is 115 Å². The van der Waals surface area contributed by atoms with Crippen LogP contribution in [0.25, 0.3) is 69.5 Å². The summed E-state index contributed by atoms with van der Waals surface area (Å²) in [4.78, 5) is 5.44. The van der Waals surface area contributed by atoms with Gasteiger partial charge in [0.1, 0.15) is 0 Å². The van der Waals surface area contributed by atoms with Crippen molar-refractivity contribution in [3.8, 4) is 5.69 Å². The van der Waals surface area contributed by atoms with Gasteiger partial charge < -0.3 is 14.5 Å². The SMILES string of the molecule is c1ccc(C2=NC(n3c4ccccc4c4cc5c(cc43)sc3c5ccc4c5ccccc5n(-c5ccccc5)c43)Nc3ccccc32)cc1. The fourth-order valence-corrected chi connectivity index (χ4v) is 9.26. The summed E-state index contributed by atoms with van der Waals surface area (Å²) in [5.41, 5.74) is 10.3. The van der Waals surface area contributed by atoms with Crippen LogP contribution in [-0.4, -0.2) is 14.8 Å². The number of rotatable bonds is 3. The average Bonchev–Trinajstić information content (AvgIpc) is 3.81. The lowest BCUT2D eigenvalue weighted by Crippen LogP contribution is -2.24. The number of thiophene rings is 1. The number of anilines is 1. The molecule has 7 aromatic carbocycles. The Morgan fingerprint density at radius 3 is 2.04 bits per heavy atom. The summed E-state index contributed by atoms with van der Waals surface area (Å²) in [7, 11) is 0. The molecule has 49 heavy (non-hydrogen) atoms. The largest absolute Gasteiger partial charge is 0.346 e. The predicted octanol–water partition coefficient (Wildman–Crippen LogP) is 11.7. The maximum Gasteiger partial charge on any atom is 0.201 e. The molecule has 0 aliphatic carbocycles. The second-order valence-electron chi connectivity index (χ2n) is 12.8. The summed E-state index contributed by atoms with van der Waals surface area (Å²) >= 11 is 1.89. The summed E-state index contributed by atoms with van der Waals surface area (Å²) in [5, 5.41) is 11.4. The molecule has 0 fully saturated rings. The van der Waals surface area contributed by atoms with Crippen LogP contribution in [0.2, 0.25) is 0 Å². The summed E-state index contributed by atoms with van der Waals surface area (Å²) in [6, 6.07) is 56.8. The van der Waals surface area contributed by atoms with Crippen molar-refractivity contribution in [1.82, 2.24) is 9.13 Å². The van der Waals surface area contributed by atoms with Crippen molar-refractivity contribution >= 4 is 86.5 Å².